The molecule has 0 radical (unpaired) electrons. The zero-order valence-corrected chi connectivity index (χ0v) is 26.8. The number of alkyl carbamates (subject to hydrolysis) is 1. The molecule has 4 rings (SSSR count). The first-order valence-corrected chi connectivity index (χ1v) is 16.3. The molecule has 0 aliphatic carbocycles. The van der Waals surface area contributed by atoms with Crippen LogP contribution >= 0.6 is 0 Å². The topological polar surface area (TPSA) is 176 Å². The molecule has 14 heteroatoms. The number of amides is 2. The van der Waals surface area contributed by atoms with E-state index >= 15 is 0 Å². The zero-order chi connectivity index (χ0) is 32.8. The molecule has 2 aromatic carbocycles. The monoisotopic (exact) mass is 649 g/mol. The molecule has 2 aromatic rings. The van der Waals surface area contributed by atoms with Gasteiger partial charge >= 0.3 is 12.2 Å². The maximum Gasteiger partial charge on any atom is 0.408 e. The van der Waals surface area contributed by atoms with Crippen molar-refractivity contribution in [1.29, 1.82) is 0 Å². The van der Waals surface area contributed by atoms with Crippen LogP contribution in [0.25, 0.3) is 0 Å². The maximum atomic E-state index is 14.4. The molecule has 2 heterocycles. The van der Waals surface area contributed by atoms with Gasteiger partial charge in [-0.2, -0.15) is 4.31 Å². The number of fused-ring (bicyclic) bond motifs is 1. The second-order valence-corrected chi connectivity index (χ2v) is 14.0. The van der Waals surface area contributed by atoms with Gasteiger partial charge in [0.2, 0.25) is 10.0 Å². The number of carbonyl (C=O) groups is 2. The Balaban J connectivity index is 1.63. The van der Waals surface area contributed by atoms with Crippen molar-refractivity contribution in [3.05, 3.63) is 59.7 Å². The second-order valence-electron chi connectivity index (χ2n) is 12.1. The van der Waals surface area contributed by atoms with E-state index in [0.717, 1.165) is 4.31 Å². The Morgan fingerprint density at radius 3 is 2.58 bits per heavy atom. The Labute approximate surface area is 264 Å². The maximum absolute atomic E-state index is 14.4. The fourth-order valence-electron chi connectivity index (χ4n) is 5.59. The van der Waals surface area contributed by atoms with Gasteiger partial charge in [-0.25, -0.2) is 18.0 Å². The first kappa shape index (κ1) is 34.4. The number of sulfonamides is 1. The predicted octanol–water partition coefficient (Wildman–Crippen LogP) is 3.13. The number of methoxy groups -OCH3 is 1. The average Bonchev–Trinajstić information content (AvgIpc) is 3.60. The number of carbonyl (C=O) groups excluding carboxylic acids is 2. The first-order chi connectivity index (χ1) is 21.3. The third-order valence-corrected chi connectivity index (χ3v) is 9.83. The Bertz CT molecular complexity index is 1420. The van der Waals surface area contributed by atoms with Crippen LogP contribution in [0.3, 0.4) is 0 Å². The molecule has 2 fully saturated rings. The van der Waals surface area contributed by atoms with Crippen LogP contribution in [-0.4, -0.2) is 81.6 Å². The molecule has 0 unspecified atom stereocenters. The number of nitrogens with two attached hydrogens (primary N) is 1. The van der Waals surface area contributed by atoms with E-state index < -0.39 is 52.3 Å². The zero-order valence-electron chi connectivity index (χ0n) is 26.0. The third kappa shape index (κ3) is 8.85. The van der Waals surface area contributed by atoms with E-state index in [9.17, 15) is 23.1 Å². The molecule has 2 aliphatic rings. The third-order valence-electron chi connectivity index (χ3n) is 8.01. The highest BCUT2D eigenvalue weighted by Crippen LogP contribution is 2.35. The highest BCUT2D eigenvalue weighted by atomic mass is 32.2. The second kappa shape index (κ2) is 14.8. The molecule has 248 valence electrons. The van der Waals surface area contributed by atoms with Crippen LogP contribution in [0.2, 0.25) is 0 Å². The number of primary amides is 1. The Morgan fingerprint density at radius 1 is 1.18 bits per heavy atom. The van der Waals surface area contributed by atoms with Crippen molar-refractivity contribution >= 4 is 22.2 Å². The Morgan fingerprint density at radius 2 is 1.91 bits per heavy atom. The Hall–Kier alpha value is -3.43. The molecule has 2 aliphatic heterocycles. The van der Waals surface area contributed by atoms with E-state index in [1.165, 1.54) is 26.2 Å². The number of nitrogens with one attached hydrogen (secondary N) is 1. The highest BCUT2D eigenvalue weighted by Gasteiger charge is 2.44. The lowest BCUT2D eigenvalue weighted by Crippen LogP contribution is -2.56. The molecule has 2 saturated heterocycles. The van der Waals surface area contributed by atoms with Gasteiger partial charge in [0.05, 0.1) is 43.8 Å². The standard InChI is InChI=1S/C31H43N3O10S/c1-20(35)27(33-30(37)44-26-19-43-28-24(26)12-14-41-28)34(18-21-8-6-5-7-9-21)45(38,39)23-10-11-25(40-4)22(16-23)17-31(2,3)13-15-42-29(32)36/h5-11,16,20,24,26-28,35H,12-15,17-19H2,1-4H3,(H2,32,36)(H,33,37)/t20-,24+,26+,27+,28-/m1/s1. The molecule has 0 bridgehead atoms. The van der Waals surface area contributed by atoms with Crippen LogP contribution in [0.4, 0.5) is 9.59 Å². The van der Waals surface area contributed by atoms with Gasteiger partial charge in [-0.1, -0.05) is 44.2 Å². The van der Waals surface area contributed by atoms with Crippen molar-refractivity contribution in [2.24, 2.45) is 17.1 Å². The summed E-state index contributed by atoms with van der Waals surface area (Å²) in [4.78, 5) is 24.1. The van der Waals surface area contributed by atoms with Gasteiger partial charge in [0.1, 0.15) is 18.0 Å². The minimum Gasteiger partial charge on any atom is -0.496 e. The summed E-state index contributed by atoms with van der Waals surface area (Å²) < 4.78 is 57.0. The summed E-state index contributed by atoms with van der Waals surface area (Å²) in [6.07, 6.45) is -3.92. The van der Waals surface area contributed by atoms with Gasteiger partial charge in [0, 0.05) is 6.54 Å². The van der Waals surface area contributed by atoms with Crippen molar-refractivity contribution in [2.75, 3.05) is 26.9 Å². The van der Waals surface area contributed by atoms with Crippen LogP contribution in [-0.2, 0) is 41.9 Å². The summed E-state index contributed by atoms with van der Waals surface area (Å²) in [6.45, 7) is 5.91. The molecule has 0 saturated carbocycles. The van der Waals surface area contributed by atoms with Crippen LogP contribution in [0.1, 0.15) is 44.7 Å². The van der Waals surface area contributed by atoms with Gasteiger partial charge < -0.3 is 39.8 Å². The van der Waals surface area contributed by atoms with E-state index in [1.807, 2.05) is 13.8 Å². The minimum atomic E-state index is -4.34. The van der Waals surface area contributed by atoms with E-state index in [0.29, 0.717) is 42.7 Å². The molecule has 0 aromatic heterocycles. The SMILES string of the molecule is COc1ccc(S(=O)(=O)N(Cc2ccccc2)[C@H](NC(=O)O[C@H]2CO[C@H]3OCC[C@H]32)[C@@H](C)O)cc1CC(C)(C)CCOC(N)=O. The first-order valence-electron chi connectivity index (χ1n) is 14.8. The van der Waals surface area contributed by atoms with Gasteiger partial charge in [-0.3, -0.25) is 0 Å². The number of ether oxygens (including phenoxy) is 5. The normalized spacial score (nSPS) is 21.2. The molecule has 5 atom stereocenters. The minimum absolute atomic E-state index is 0.0608. The van der Waals surface area contributed by atoms with Crippen LogP contribution in [0.5, 0.6) is 5.75 Å². The molecule has 13 nitrogen and oxygen atoms in total. The van der Waals surface area contributed by atoms with Crippen molar-refractivity contribution < 1.29 is 46.8 Å². The molecule has 0 spiro atoms. The van der Waals surface area contributed by atoms with Crippen LogP contribution in [0.15, 0.2) is 53.4 Å². The lowest BCUT2D eigenvalue weighted by molar-refractivity contribution is -0.0907. The largest absolute Gasteiger partial charge is 0.496 e. The lowest BCUT2D eigenvalue weighted by Gasteiger charge is -2.33. The summed E-state index contributed by atoms with van der Waals surface area (Å²) in [6, 6.07) is 13.4. The van der Waals surface area contributed by atoms with Gasteiger partial charge in [0.25, 0.3) is 0 Å². The average molecular weight is 650 g/mol. The van der Waals surface area contributed by atoms with Crippen molar-refractivity contribution in [2.45, 2.75) is 76.1 Å². The molecular formula is C31H43N3O10S. The number of hydrogen-bond acceptors (Lipinski definition) is 10. The van der Waals surface area contributed by atoms with Gasteiger partial charge in [-0.15, -0.1) is 0 Å². The van der Waals surface area contributed by atoms with E-state index in [4.69, 9.17) is 29.4 Å². The summed E-state index contributed by atoms with van der Waals surface area (Å²) in [5.74, 6) is 0.364. The number of rotatable bonds is 14. The van der Waals surface area contributed by atoms with E-state index in [-0.39, 0.29) is 30.6 Å². The van der Waals surface area contributed by atoms with Gasteiger partial charge in [-0.05, 0) is 60.9 Å². The lowest BCUT2D eigenvalue weighted by atomic mass is 9.82. The molecule has 45 heavy (non-hydrogen) atoms. The highest BCUT2D eigenvalue weighted by molar-refractivity contribution is 7.89. The van der Waals surface area contributed by atoms with Crippen molar-refractivity contribution in [1.82, 2.24) is 9.62 Å². The number of benzene rings is 2. The molecular weight excluding hydrogens is 606 g/mol. The fourth-order valence-corrected chi connectivity index (χ4v) is 7.24. The van der Waals surface area contributed by atoms with E-state index in [2.05, 4.69) is 5.32 Å². The summed E-state index contributed by atoms with van der Waals surface area (Å²) in [5, 5.41) is 13.4. The van der Waals surface area contributed by atoms with Crippen LogP contribution in [0, 0.1) is 11.3 Å². The van der Waals surface area contributed by atoms with E-state index in [1.54, 1.807) is 36.4 Å². The predicted molar refractivity (Wildman–Crippen MR) is 162 cm³/mol. The van der Waals surface area contributed by atoms with Crippen LogP contribution < -0.4 is 15.8 Å². The number of hydrogen-bond donors (Lipinski definition) is 3. The number of aliphatic hydroxyl groups excluding tert-OH is 1. The quantitative estimate of drug-likeness (QED) is 0.258. The Kier molecular flexibility index (Phi) is 11.3. The molecule has 4 N–H and O–H groups in total. The number of aliphatic hydroxyl groups is 1. The molecule has 2 amide bonds. The van der Waals surface area contributed by atoms with Crippen molar-refractivity contribution in [3.63, 3.8) is 0 Å². The number of nitrogens with zero attached hydrogens (tertiary/aromatic N) is 1. The summed E-state index contributed by atoms with van der Waals surface area (Å²) >= 11 is 0. The fraction of sp³-hybridized carbons (Fsp3) is 0.548. The summed E-state index contributed by atoms with van der Waals surface area (Å²) in [5.41, 5.74) is 5.92. The summed E-state index contributed by atoms with van der Waals surface area (Å²) in [7, 11) is -2.85. The van der Waals surface area contributed by atoms with Crippen molar-refractivity contribution in [3.8, 4) is 5.75 Å². The van der Waals surface area contributed by atoms with Gasteiger partial charge in [0.15, 0.2) is 6.29 Å². The smallest absolute Gasteiger partial charge is 0.408 e.